The van der Waals surface area contributed by atoms with Crippen LogP contribution in [0.25, 0.3) is 11.1 Å². The number of aromatic hydroxyl groups is 3. The zero-order valence-corrected chi connectivity index (χ0v) is 83.7. The zero-order chi connectivity index (χ0) is 108. The number of hydrogen-bond donors (Lipinski definition) is 25. The van der Waals surface area contributed by atoms with Crippen LogP contribution in [-0.2, 0) is 101 Å². The number of aliphatic hydroxyl groups is 6. The topological polar surface area (TPSA) is 765 Å². The lowest BCUT2D eigenvalue weighted by atomic mass is 9.86. The predicted octanol–water partition coefficient (Wildman–Crippen LogP) is -0.961. The Balaban J connectivity index is 0.734. The number of carboxylic acids is 2. The Kier molecular flexibility index (Phi) is 36.0. The number of nitrogens with two attached hydrogens (primary N) is 3. The number of unbranched alkanes of at least 4 members (excludes halogenated alkanes) is 1. The first-order valence-corrected chi connectivity index (χ1v) is 49.7. The van der Waals surface area contributed by atoms with Gasteiger partial charge in [0, 0.05) is 102 Å². The number of fused-ring (bicyclic) bond motifs is 16. The van der Waals surface area contributed by atoms with Crippen molar-refractivity contribution in [2.24, 2.45) is 22.5 Å². The molecule has 9 aliphatic heterocycles. The average Bonchev–Trinajstić information content (AvgIpc) is 0.743. The first kappa shape index (κ1) is 112. The Hall–Kier alpha value is -13.9. The van der Waals surface area contributed by atoms with Crippen LogP contribution < -0.4 is 94.5 Å². The lowest BCUT2D eigenvalue weighted by molar-refractivity contribution is -0.689. The number of aliphatic hydroxyl groups excluding tert-OH is 6. The molecule has 50 nitrogen and oxygen atoms in total. The number of pyridine rings is 1. The molecule has 55 heteroatoms. The number of oxime groups is 1. The van der Waals surface area contributed by atoms with Crippen LogP contribution in [0.1, 0.15) is 148 Å². The molecule has 16 rings (SSSR count). The van der Waals surface area contributed by atoms with Crippen molar-refractivity contribution in [2.75, 3.05) is 51.5 Å². The molecule has 150 heavy (non-hydrogen) atoms. The maximum atomic E-state index is 16.4. The van der Waals surface area contributed by atoms with Crippen molar-refractivity contribution in [1.29, 1.82) is 0 Å². The Labute approximate surface area is 870 Å². The number of nitrogens with zero attached hydrogens (tertiary/aromatic N) is 5. The summed E-state index contributed by atoms with van der Waals surface area (Å²) in [6.07, 6.45) is -15.5. The van der Waals surface area contributed by atoms with E-state index in [2.05, 4.69) is 73.0 Å². The molecule has 3 fully saturated rings. The summed E-state index contributed by atoms with van der Waals surface area (Å²) in [5.41, 5.74) is 13.0. The number of ether oxygens (including phenoxy) is 6. The summed E-state index contributed by atoms with van der Waals surface area (Å²) in [6.45, 7) is 3.44. The number of alkyl halides is 1. The smallest absolute Gasteiger partial charge is 0.352 e. The number of phenolic OH excluding ortho intramolecular Hbond substituents is 3. The molecule has 11 amide bonds. The van der Waals surface area contributed by atoms with Crippen molar-refractivity contribution in [3.63, 3.8) is 0 Å². The second-order valence-corrected chi connectivity index (χ2v) is 39.6. The van der Waals surface area contributed by atoms with E-state index >= 15 is 24.0 Å². The maximum Gasteiger partial charge on any atom is 0.352 e. The first-order chi connectivity index (χ1) is 71.3. The van der Waals surface area contributed by atoms with Gasteiger partial charge in [-0.1, -0.05) is 60.4 Å². The van der Waals surface area contributed by atoms with Gasteiger partial charge in [-0.15, -0.1) is 11.8 Å². The van der Waals surface area contributed by atoms with Crippen LogP contribution in [-0.4, -0.2) is 289 Å². The summed E-state index contributed by atoms with van der Waals surface area (Å²) in [5, 5.41) is 159. The fourth-order valence-corrected chi connectivity index (χ4v) is 20.1. The lowest BCUT2D eigenvalue weighted by Crippen LogP contribution is -2.71. The van der Waals surface area contributed by atoms with E-state index in [4.69, 9.17) is 73.7 Å². The summed E-state index contributed by atoms with van der Waals surface area (Å²) in [6, 6.07) is -0.297. The lowest BCUT2D eigenvalue weighted by Gasteiger charge is -2.49. The maximum absolute atomic E-state index is 16.4. The molecule has 28 N–H and O–H groups in total. The third-order valence-electron chi connectivity index (χ3n) is 25.5. The number of primary amides is 1. The van der Waals surface area contributed by atoms with Gasteiger partial charge in [0.1, 0.15) is 120 Å². The number of β-lactam (4-membered cyclic amide) rings is 1. The van der Waals surface area contributed by atoms with Crippen molar-refractivity contribution in [2.45, 2.75) is 213 Å². The van der Waals surface area contributed by atoms with E-state index in [1.165, 1.54) is 38.7 Å². The highest BCUT2D eigenvalue weighted by Crippen LogP contribution is 2.52. The molecule has 7 aromatic rings. The summed E-state index contributed by atoms with van der Waals surface area (Å²) >= 11 is 16.2. The minimum absolute atomic E-state index is 0.00752. The number of carboxylic acid groups (broad SMARTS) is 2. The number of carbonyl (C=O) groups excluding carboxylic acids is 11. The number of phenols is 3. The number of likely N-dealkylation sites (N-methyl/N-ethyl adjacent to an activating group) is 1. The highest BCUT2D eigenvalue weighted by molar-refractivity contribution is 8.00. The Morgan fingerprint density at radius 2 is 1.41 bits per heavy atom. The fraction of sp³-hybridized carbons (Fsp3) is 0.442. The number of hydrogen-bond acceptors (Lipinski definition) is 38. The number of aromatic nitrogens is 3. The van der Waals surface area contributed by atoms with Crippen molar-refractivity contribution in [3.8, 4) is 57.1 Å². The van der Waals surface area contributed by atoms with Gasteiger partial charge in [0.15, 0.2) is 54.0 Å². The van der Waals surface area contributed by atoms with E-state index in [-0.39, 0.29) is 110 Å². The van der Waals surface area contributed by atoms with E-state index in [0.29, 0.717) is 11.1 Å². The van der Waals surface area contributed by atoms with Gasteiger partial charge >= 0.3 is 11.9 Å². The van der Waals surface area contributed by atoms with E-state index in [0.717, 1.165) is 83.2 Å². The summed E-state index contributed by atoms with van der Waals surface area (Å²) in [5.74, 6) is -21.1. The number of nitrogen functional groups attached to an aromatic ring is 1. The van der Waals surface area contributed by atoms with E-state index in [1.807, 2.05) is 0 Å². The molecule has 2 unspecified atom stereocenters. The zero-order valence-electron chi connectivity index (χ0n) is 80.6. The molecule has 11 heterocycles. The van der Waals surface area contributed by atoms with Crippen LogP contribution in [0, 0.1) is 5.92 Å². The number of anilines is 1. The van der Waals surface area contributed by atoms with Gasteiger partial charge in [-0.3, -0.25) is 57.6 Å². The largest absolute Gasteiger partial charge is 0.507 e. The Morgan fingerprint density at radius 1 is 0.753 bits per heavy atom. The Morgan fingerprint density at radius 3 is 2.04 bits per heavy atom. The van der Waals surface area contributed by atoms with Crippen molar-refractivity contribution in [3.05, 3.63) is 163 Å². The van der Waals surface area contributed by atoms with Crippen LogP contribution >= 0.6 is 46.5 Å². The second kappa shape index (κ2) is 48.4. The molecule has 0 saturated carbocycles. The number of carbonyl (C=O) groups is 13. The molecule has 2 aromatic heterocycles. The van der Waals surface area contributed by atoms with Crippen molar-refractivity contribution >= 4 is 134 Å². The van der Waals surface area contributed by atoms with Gasteiger partial charge in [0.2, 0.25) is 76.7 Å². The van der Waals surface area contributed by atoms with Crippen LogP contribution in [0.2, 0.25) is 10.0 Å². The van der Waals surface area contributed by atoms with Crippen molar-refractivity contribution < 1.29 is 161 Å². The van der Waals surface area contributed by atoms with Crippen molar-refractivity contribution in [1.82, 2.24) is 72.7 Å². The quantitative estimate of drug-likeness (QED) is 0.00759. The SMILES string of the molecule is CN[C@H](CC(C)C)C(=O)N[C@H]1C(=O)N[C@@H](CC(N)=O)C(=O)N[C@H]2C(=O)NC3C(=O)NC(C(=O)N[C@H](C(=O)O)c4cc(O)c(CNCCNC(=O)CCCCC(=O)NCc5ccc[n+](CC6=C(C(=O)O)N7C(=O)[C@@H](NC(=O)/C(=N\OCCF)c8nsc(N)n8)[C@H]7SC6)c5)c(O)c4-c4cc3ccc4O)[C@H](O)c3ccc(c(Cl)c3)Oc3cc2cc(c3O[C@@H]2O[C@H](CO)[C@@H](O)[C@H](O)[C@H]2O[C@H]2C[C@](C)(N)[C@H](O)[C@H](C)O2)Oc2ccc(cc2Cl)[C@H]1O. The summed E-state index contributed by atoms with van der Waals surface area (Å²) in [4.78, 5) is 196. The normalized spacial score (nSPS) is 25.6. The third-order valence-corrected chi connectivity index (χ3v) is 28.0. The van der Waals surface area contributed by atoms with E-state index < -0.39 is 320 Å². The van der Waals surface area contributed by atoms with Gasteiger partial charge in [0.05, 0.1) is 46.9 Å². The molecule has 0 aliphatic carbocycles. The number of benzene rings is 5. The van der Waals surface area contributed by atoms with Crippen LogP contribution in [0.4, 0.5) is 9.52 Å². The minimum Gasteiger partial charge on any atom is -0.507 e. The van der Waals surface area contributed by atoms with Gasteiger partial charge in [-0.2, -0.15) is 9.36 Å². The third kappa shape index (κ3) is 25.5. The summed E-state index contributed by atoms with van der Waals surface area (Å²) in [7, 11) is 1.45. The monoisotopic (exact) mass is 2170 g/mol. The van der Waals surface area contributed by atoms with Crippen LogP contribution in [0.5, 0.6) is 46.0 Å². The molecule has 0 spiro atoms. The van der Waals surface area contributed by atoms with Crippen LogP contribution in [0.15, 0.2) is 114 Å². The molecule has 3 saturated heterocycles. The minimum atomic E-state index is -2.44. The number of amides is 11. The van der Waals surface area contributed by atoms with Gasteiger partial charge < -0.3 is 165 Å². The molecular formula is C95H111Cl2FN19O31S2+. The number of rotatable bonds is 34. The van der Waals surface area contributed by atoms with Crippen LogP contribution in [0.3, 0.4) is 0 Å². The highest BCUT2D eigenvalue weighted by Gasteiger charge is 2.57. The number of nitrogens with one attached hydrogen (secondary N) is 11. The molecule has 5 aromatic carbocycles. The standard InChI is InChI=1S/C95H110Cl2FN19O31S2/c1-38(2)23-51(102-5)82(130)110-68-73(124)42-13-16-55(49(96)25-42)144-57-27-44-28-58(78(57)148-93-79(77(128)76(127)59(36-118)146-93)147-63-31-95(4,101)80(129)39(3)143-63)145-56-17-14-43(26-50(56)97)74(125)69-87(135)109-67(91(138)139)47-29-54(120)48(75(126)64(47)46-24-41(12-15-53(46)119)65(84(132)111-69)108-85(133)66(44)107-83(131)52(30-60(99)121)106-86(68)134)33-103-19-20-104-61(122)10-6-7-11-62(123)105-32-40-9-8-21-116(34-40)35-45-37-149-90-71(89(137)117(90)72(45)92(140)141)112-88(136)70(114-142-22-18-98)81-113-94(100)150-115-81/h8-9,12-17,21,24-29,34,38-39,51-52,59,63,65-69,71,73-74,76-77,79-80,90,93,102-103,118,124-125,127-129H,6-7,10-11,18-20,22-23,30-33,35-37,101H2,1-5H3,(H17-,99,100,104,105,106,107,108,109,110,111,112,113,114,115,119,120,121,122,123,126,130,131,132,133,134,135,136,138,139,140,141)/p+1/t39-,51+,52-,59+,63-,65?,66+,67-,68+,69?,71+,73+,74+,76+,77-,79+,80+,90+,93-,95-/m0/s1. The molecule has 804 valence electrons. The fourth-order valence-electron chi connectivity index (χ4n) is 17.9. The first-order valence-electron chi connectivity index (χ1n) is 47.1. The number of thioether (sulfide) groups is 1. The number of aliphatic carboxylic acids is 2. The molecule has 9 aliphatic rings. The number of halogens is 3. The van der Waals surface area contributed by atoms with E-state index in [1.54, 1.807) is 42.9 Å². The predicted molar refractivity (Wildman–Crippen MR) is 523 cm³/mol. The molecule has 0 radical (unpaired) electrons. The highest BCUT2D eigenvalue weighted by atomic mass is 35.5. The molecule has 20 atom stereocenters. The second-order valence-electron chi connectivity index (χ2n) is 36.9. The molecular weight excluding hydrogens is 2060 g/mol. The van der Waals surface area contributed by atoms with Gasteiger partial charge in [0.25, 0.3) is 11.8 Å². The van der Waals surface area contributed by atoms with E-state index in [9.17, 15) is 98.9 Å². The molecule has 11 bridgehead atoms. The van der Waals surface area contributed by atoms with Gasteiger partial charge in [-0.25, -0.2) is 18.5 Å². The summed E-state index contributed by atoms with van der Waals surface area (Å²) < 4.78 is 57.1. The Bertz CT molecular complexity index is 6430. The average molecular weight is 2170 g/mol. The van der Waals surface area contributed by atoms with Gasteiger partial charge in [-0.05, 0) is 129 Å².